The molecular formula is C24H22ClFN4O2. The summed E-state index contributed by atoms with van der Waals surface area (Å²) in [6.45, 7) is 0.331. The highest BCUT2D eigenvalue weighted by Crippen LogP contribution is 2.27. The first-order chi connectivity index (χ1) is 15.5. The van der Waals surface area contributed by atoms with Gasteiger partial charge in [-0.15, -0.1) is 0 Å². The summed E-state index contributed by atoms with van der Waals surface area (Å²) in [7, 11) is 0. The molecule has 1 aliphatic carbocycles. The van der Waals surface area contributed by atoms with Gasteiger partial charge in [0.15, 0.2) is 11.2 Å². The van der Waals surface area contributed by atoms with Gasteiger partial charge in [-0.3, -0.25) is 9.36 Å². The monoisotopic (exact) mass is 452 g/mol. The van der Waals surface area contributed by atoms with Crippen LogP contribution in [0.3, 0.4) is 0 Å². The average Bonchev–Trinajstić information content (AvgIpc) is 3.21. The van der Waals surface area contributed by atoms with Gasteiger partial charge in [0.25, 0.3) is 5.56 Å². The van der Waals surface area contributed by atoms with E-state index in [4.69, 9.17) is 11.6 Å². The molecule has 1 aliphatic rings. The van der Waals surface area contributed by atoms with Gasteiger partial charge in [-0.05, 0) is 42.7 Å². The van der Waals surface area contributed by atoms with Crippen LogP contribution in [0.15, 0.2) is 64.4 Å². The third-order valence-electron chi connectivity index (χ3n) is 6.15. The first-order valence-corrected chi connectivity index (χ1v) is 11.1. The van der Waals surface area contributed by atoms with E-state index in [9.17, 15) is 14.0 Å². The molecule has 0 N–H and O–H groups in total. The van der Waals surface area contributed by atoms with E-state index in [0.717, 1.165) is 37.7 Å². The summed E-state index contributed by atoms with van der Waals surface area (Å²) < 4.78 is 17.9. The summed E-state index contributed by atoms with van der Waals surface area (Å²) in [5.74, 6) is -0.323. The second-order valence-electron chi connectivity index (χ2n) is 8.21. The van der Waals surface area contributed by atoms with Crippen molar-refractivity contribution < 1.29 is 4.39 Å². The number of halogens is 2. The molecule has 2 aromatic carbocycles. The van der Waals surface area contributed by atoms with Crippen LogP contribution in [0, 0.1) is 5.82 Å². The van der Waals surface area contributed by atoms with Crippen LogP contribution >= 0.6 is 11.6 Å². The number of hydrogen-bond acceptors (Lipinski definition) is 3. The van der Waals surface area contributed by atoms with Crippen LogP contribution in [0.1, 0.15) is 43.7 Å². The first kappa shape index (κ1) is 20.7. The summed E-state index contributed by atoms with van der Waals surface area (Å²) in [4.78, 5) is 31.7. The fourth-order valence-electron chi connectivity index (χ4n) is 4.57. The van der Waals surface area contributed by atoms with Crippen LogP contribution in [-0.4, -0.2) is 18.7 Å². The molecule has 8 heteroatoms. The summed E-state index contributed by atoms with van der Waals surface area (Å²) in [5.41, 5.74) is 1.14. The fourth-order valence-corrected chi connectivity index (χ4v) is 4.79. The molecule has 1 fully saturated rings. The topological polar surface area (TPSA) is 61.8 Å². The van der Waals surface area contributed by atoms with Gasteiger partial charge in [0.05, 0.1) is 17.0 Å². The van der Waals surface area contributed by atoms with E-state index in [1.165, 1.54) is 21.3 Å². The van der Waals surface area contributed by atoms with Crippen LogP contribution < -0.4 is 11.2 Å². The average molecular weight is 453 g/mol. The first-order valence-electron chi connectivity index (χ1n) is 10.8. The lowest BCUT2D eigenvalue weighted by Crippen LogP contribution is -2.43. The molecule has 2 aromatic heterocycles. The van der Waals surface area contributed by atoms with Gasteiger partial charge >= 0.3 is 5.69 Å². The highest BCUT2D eigenvalue weighted by Gasteiger charge is 2.25. The largest absolute Gasteiger partial charge is 0.337 e. The number of rotatable bonds is 4. The Morgan fingerprint density at radius 2 is 1.72 bits per heavy atom. The molecule has 0 saturated heterocycles. The molecule has 0 bridgehead atoms. The molecule has 0 spiro atoms. The van der Waals surface area contributed by atoms with Crippen molar-refractivity contribution in [3.05, 3.63) is 92.1 Å². The lowest BCUT2D eigenvalue weighted by atomic mass is 9.95. The molecule has 0 atom stereocenters. The lowest BCUT2D eigenvalue weighted by Gasteiger charge is -2.24. The molecule has 32 heavy (non-hydrogen) atoms. The number of fused-ring (bicyclic) bond motifs is 1. The zero-order chi connectivity index (χ0) is 22.2. The molecule has 164 valence electrons. The van der Waals surface area contributed by atoms with Gasteiger partial charge in [-0.2, -0.15) is 0 Å². The molecular weight excluding hydrogens is 431 g/mol. The van der Waals surface area contributed by atoms with Crippen molar-refractivity contribution >= 4 is 22.8 Å². The predicted octanol–water partition coefficient (Wildman–Crippen LogP) is 4.69. The smallest absolute Gasteiger partial charge is 0.320 e. The number of hydrogen-bond donors (Lipinski definition) is 0. The number of nitrogens with zero attached hydrogens (tertiary/aromatic N) is 4. The Morgan fingerprint density at radius 3 is 2.44 bits per heavy atom. The number of para-hydroxylation sites is 1. The highest BCUT2D eigenvalue weighted by molar-refractivity contribution is 6.32. The summed E-state index contributed by atoms with van der Waals surface area (Å²) in [6.07, 6.45) is 6.19. The molecule has 0 aliphatic heterocycles. The minimum absolute atomic E-state index is 0.156. The maximum atomic E-state index is 13.6. The van der Waals surface area contributed by atoms with Gasteiger partial charge in [0.1, 0.15) is 5.82 Å². The van der Waals surface area contributed by atoms with Crippen molar-refractivity contribution in [3.63, 3.8) is 0 Å². The standard InChI is InChI=1S/C24H22ClFN4O2/c25-19-8-4-5-9-20(19)30-22-21(23(31)29(24(30)32)18-6-2-1-3-7-18)28(15-27-22)14-16-10-12-17(26)13-11-16/h4-5,8-13,15,18H,1-3,6-7,14H2. The number of imidazole rings is 1. The molecule has 1 saturated carbocycles. The Bertz CT molecular complexity index is 1400. The second-order valence-corrected chi connectivity index (χ2v) is 8.61. The molecule has 6 nitrogen and oxygen atoms in total. The van der Waals surface area contributed by atoms with Crippen molar-refractivity contribution in [2.24, 2.45) is 0 Å². The molecule has 5 rings (SSSR count). The molecule has 0 unspecified atom stereocenters. The van der Waals surface area contributed by atoms with Gasteiger partial charge in [-0.1, -0.05) is 55.1 Å². The Morgan fingerprint density at radius 1 is 1.00 bits per heavy atom. The third kappa shape index (κ3) is 3.56. The Labute approximate surface area is 188 Å². The van der Waals surface area contributed by atoms with E-state index in [2.05, 4.69) is 4.98 Å². The van der Waals surface area contributed by atoms with E-state index >= 15 is 0 Å². The highest BCUT2D eigenvalue weighted by atomic mass is 35.5. The van der Waals surface area contributed by atoms with E-state index in [-0.39, 0.29) is 23.1 Å². The maximum Gasteiger partial charge on any atom is 0.337 e. The zero-order valence-electron chi connectivity index (χ0n) is 17.4. The summed E-state index contributed by atoms with van der Waals surface area (Å²) in [5, 5.41) is 0.401. The number of aromatic nitrogens is 4. The zero-order valence-corrected chi connectivity index (χ0v) is 18.1. The van der Waals surface area contributed by atoms with E-state index in [1.807, 2.05) is 0 Å². The van der Waals surface area contributed by atoms with Crippen molar-refractivity contribution in [2.45, 2.75) is 44.7 Å². The van der Waals surface area contributed by atoms with Gasteiger partial charge in [0, 0.05) is 12.6 Å². The van der Waals surface area contributed by atoms with Crippen LogP contribution in [-0.2, 0) is 6.54 Å². The SMILES string of the molecule is O=c1c2c(ncn2Cc2ccc(F)cc2)n(-c2ccccc2Cl)c(=O)n1C1CCCCC1. The van der Waals surface area contributed by atoms with Crippen LogP contribution in [0.25, 0.3) is 16.9 Å². The maximum absolute atomic E-state index is 13.6. The molecule has 0 radical (unpaired) electrons. The van der Waals surface area contributed by atoms with Crippen LogP contribution in [0.4, 0.5) is 4.39 Å². The van der Waals surface area contributed by atoms with E-state index in [0.29, 0.717) is 22.8 Å². The van der Waals surface area contributed by atoms with E-state index in [1.54, 1.807) is 47.3 Å². The minimum Gasteiger partial charge on any atom is -0.320 e. The molecule has 2 heterocycles. The van der Waals surface area contributed by atoms with Crippen LogP contribution in [0.5, 0.6) is 0 Å². The molecule has 4 aromatic rings. The Balaban J connectivity index is 1.78. The quantitative estimate of drug-likeness (QED) is 0.451. The van der Waals surface area contributed by atoms with Gasteiger partial charge < -0.3 is 4.57 Å². The van der Waals surface area contributed by atoms with Gasteiger partial charge in [-0.25, -0.2) is 18.7 Å². The molecule has 0 amide bonds. The van der Waals surface area contributed by atoms with Crippen molar-refractivity contribution in [2.75, 3.05) is 0 Å². The van der Waals surface area contributed by atoms with Gasteiger partial charge in [0.2, 0.25) is 0 Å². The van der Waals surface area contributed by atoms with E-state index < -0.39 is 5.69 Å². The van der Waals surface area contributed by atoms with Crippen molar-refractivity contribution in [1.29, 1.82) is 0 Å². The summed E-state index contributed by atoms with van der Waals surface area (Å²) >= 11 is 6.44. The predicted molar refractivity (Wildman–Crippen MR) is 122 cm³/mol. The Kier molecular flexibility index (Phi) is 5.43. The second kappa shape index (κ2) is 8.39. The van der Waals surface area contributed by atoms with Crippen molar-refractivity contribution in [3.8, 4) is 5.69 Å². The lowest BCUT2D eigenvalue weighted by molar-refractivity contribution is 0.335. The minimum atomic E-state index is -0.422. The normalized spacial score (nSPS) is 14.8. The fraction of sp³-hybridized carbons (Fsp3) is 0.292. The van der Waals surface area contributed by atoms with Crippen LogP contribution in [0.2, 0.25) is 5.02 Å². The number of benzene rings is 2. The third-order valence-corrected chi connectivity index (χ3v) is 6.47. The Hall–Kier alpha value is -3.19. The summed E-state index contributed by atoms with van der Waals surface area (Å²) in [6, 6.07) is 13.0. The van der Waals surface area contributed by atoms with Crippen molar-refractivity contribution in [1.82, 2.24) is 18.7 Å².